The van der Waals surface area contributed by atoms with Crippen molar-refractivity contribution in [1.82, 2.24) is 5.06 Å². The topological polar surface area (TPSA) is 76.1 Å². The molecule has 1 fully saturated rings. The van der Waals surface area contributed by atoms with Crippen LogP contribution in [0.5, 0.6) is 0 Å². The maximum atomic E-state index is 11.5. The number of hydrogen-bond acceptors (Lipinski definition) is 4. The molecule has 0 spiro atoms. The summed E-state index contributed by atoms with van der Waals surface area (Å²) in [6, 6.07) is -0.479. The zero-order valence-corrected chi connectivity index (χ0v) is 13.2. The van der Waals surface area contributed by atoms with Crippen LogP contribution in [-0.4, -0.2) is 41.5 Å². The summed E-state index contributed by atoms with van der Waals surface area (Å²) in [5, 5.41) is 10.6. The number of hydrogen-bond donors (Lipinski definition) is 1. The molecule has 6 heteroatoms. The van der Waals surface area contributed by atoms with Crippen LogP contribution in [0.25, 0.3) is 0 Å². The molecule has 0 aliphatic carbocycles. The highest BCUT2D eigenvalue weighted by Gasteiger charge is 2.34. The second-order valence-corrected chi connectivity index (χ2v) is 5.92. The molecule has 0 aromatic heterocycles. The third kappa shape index (κ3) is 5.63. The van der Waals surface area contributed by atoms with E-state index in [1.54, 1.807) is 0 Å². The molecular formula is C15H27NO5. The maximum Gasteiger partial charge on any atom is 0.308 e. The predicted octanol–water partition coefficient (Wildman–Crippen LogP) is 2.43. The normalized spacial score (nSPS) is 21.8. The molecular weight excluding hydrogens is 274 g/mol. The summed E-state index contributed by atoms with van der Waals surface area (Å²) in [6.07, 6.45) is 3.85. The van der Waals surface area contributed by atoms with Gasteiger partial charge in [-0.25, -0.2) is 9.90 Å². The summed E-state index contributed by atoms with van der Waals surface area (Å²) in [5.74, 6) is -1.29. The van der Waals surface area contributed by atoms with E-state index in [2.05, 4.69) is 0 Å². The first-order valence-electron chi connectivity index (χ1n) is 7.74. The minimum absolute atomic E-state index is 0.236. The van der Waals surface area contributed by atoms with Gasteiger partial charge in [0.15, 0.2) is 6.29 Å². The number of rotatable bonds is 9. The lowest BCUT2D eigenvalue weighted by atomic mass is 9.89. The SMILES string of the molecule is CCC([C@H](CC(C)C)C(=O)O)N(C=O)OC1CCCCO1. The summed E-state index contributed by atoms with van der Waals surface area (Å²) < 4.78 is 5.46. The van der Waals surface area contributed by atoms with Crippen LogP contribution < -0.4 is 0 Å². The van der Waals surface area contributed by atoms with Crippen molar-refractivity contribution in [2.45, 2.75) is 65.2 Å². The second kappa shape index (κ2) is 9.00. The van der Waals surface area contributed by atoms with Gasteiger partial charge in [-0.15, -0.1) is 0 Å². The van der Waals surface area contributed by atoms with Gasteiger partial charge in [0.1, 0.15) is 0 Å². The first-order valence-corrected chi connectivity index (χ1v) is 7.74. The molecule has 3 atom stereocenters. The van der Waals surface area contributed by atoms with Gasteiger partial charge in [-0.05, 0) is 31.6 Å². The van der Waals surface area contributed by atoms with Crippen molar-refractivity contribution in [3.8, 4) is 0 Å². The number of aliphatic carboxylic acids is 1. The van der Waals surface area contributed by atoms with Gasteiger partial charge in [-0.1, -0.05) is 20.8 Å². The van der Waals surface area contributed by atoms with E-state index >= 15 is 0 Å². The molecule has 21 heavy (non-hydrogen) atoms. The van der Waals surface area contributed by atoms with E-state index in [4.69, 9.17) is 9.57 Å². The van der Waals surface area contributed by atoms with E-state index in [1.807, 2.05) is 20.8 Å². The summed E-state index contributed by atoms with van der Waals surface area (Å²) in [5.41, 5.74) is 0. The predicted molar refractivity (Wildman–Crippen MR) is 77.2 cm³/mol. The highest BCUT2D eigenvalue weighted by atomic mass is 16.8. The molecule has 1 aliphatic heterocycles. The zero-order valence-electron chi connectivity index (χ0n) is 13.2. The lowest BCUT2D eigenvalue weighted by molar-refractivity contribution is -0.290. The average molecular weight is 301 g/mol. The second-order valence-electron chi connectivity index (χ2n) is 5.92. The first-order chi connectivity index (χ1) is 9.99. The van der Waals surface area contributed by atoms with Gasteiger partial charge < -0.3 is 9.84 Å². The molecule has 2 unspecified atom stereocenters. The van der Waals surface area contributed by atoms with Crippen molar-refractivity contribution in [2.75, 3.05) is 6.61 Å². The van der Waals surface area contributed by atoms with E-state index in [9.17, 15) is 14.7 Å². The van der Waals surface area contributed by atoms with Gasteiger partial charge in [0.05, 0.1) is 12.0 Å². The quantitative estimate of drug-likeness (QED) is 0.523. The highest BCUT2D eigenvalue weighted by Crippen LogP contribution is 2.24. The maximum absolute atomic E-state index is 11.5. The molecule has 0 saturated carbocycles. The number of carboxylic acid groups (broad SMARTS) is 1. The van der Waals surface area contributed by atoms with Crippen molar-refractivity contribution >= 4 is 12.4 Å². The Bertz CT molecular complexity index is 328. The van der Waals surface area contributed by atoms with Crippen LogP contribution >= 0.6 is 0 Å². The Labute approximate surface area is 126 Å². The Morgan fingerprint density at radius 3 is 2.62 bits per heavy atom. The van der Waals surface area contributed by atoms with E-state index in [0.29, 0.717) is 25.9 Å². The molecule has 0 bridgehead atoms. The van der Waals surface area contributed by atoms with Gasteiger partial charge in [-0.2, -0.15) is 0 Å². The fourth-order valence-corrected chi connectivity index (χ4v) is 2.68. The smallest absolute Gasteiger partial charge is 0.308 e. The van der Waals surface area contributed by atoms with E-state index in [0.717, 1.165) is 24.3 Å². The molecule has 1 heterocycles. The van der Waals surface area contributed by atoms with E-state index < -0.39 is 24.2 Å². The van der Waals surface area contributed by atoms with Crippen LogP contribution in [0.15, 0.2) is 0 Å². The van der Waals surface area contributed by atoms with Gasteiger partial charge in [0, 0.05) is 13.0 Å². The van der Waals surface area contributed by atoms with Crippen LogP contribution in [-0.2, 0) is 19.2 Å². The van der Waals surface area contributed by atoms with Crippen LogP contribution in [0.2, 0.25) is 0 Å². The first kappa shape index (κ1) is 17.9. The third-order valence-electron chi connectivity index (χ3n) is 3.73. The van der Waals surface area contributed by atoms with E-state index in [1.165, 1.54) is 0 Å². The number of hydroxylamine groups is 2. The highest BCUT2D eigenvalue weighted by molar-refractivity contribution is 5.71. The monoisotopic (exact) mass is 301 g/mol. The Balaban J connectivity index is 2.75. The third-order valence-corrected chi connectivity index (χ3v) is 3.73. The molecule has 1 rings (SSSR count). The van der Waals surface area contributed by atoms with Crippen LogP contribution in [0.1, 0.15) is 52.9 Å². The average Bonchev–Trinajstić information content (AvgIpc) is 2.46. The molecule has 0 aromatic carbocycles. The fourth-order valence-electron chi connectivity index (χ4n) is 2.68. The minimum atomic E-state index is -0.893. The van der Waals surface area contributed by atoms with Crippen LogP contribution in [0.4, 0.5) is 0 Å². The molecule has 1 saturated heterocycles. The number of carbonyl (C=O) groups is 2. The number of nitrogens with zero attached hydrogens (tertiary/aromatic N) is 1. The van der Waals surface area contributed by atoms with Gasteiger partial charge >= 0.3 is 5.97 Å². The molecule has 0 aromatic rings. The summed E-state index contributed by atoms with van der Waals surface area (Å²) in [6.45, 7) is 6.42. The molecule has 1 aliphatic rings. The molecule has 1 N–H and O–H groups in total. The number of carboxylic acids is 1. The summed E-state index contributed by atoms with van der Waals surface area (Å²) in [4.78, 5) is 28.4. The lowest BCUT2D eigenvalue weighted by Gasteiger charge is -2.35. The Kier molecular flexibility index (Phi) is 7.67. The standard InChI is InChI=1S/C15H27NO5/c1-4-13(12(15(18)19)9-11(2)3)16(10-17)21-14-7-5-6-8-20-14/h10-14H,4-9H2,1-3H3,(H,18,19)/t12-,13?,14?/m0/s1. The largest absolute Gasteiger partial charge is 0.481 e. The van der Waals surface area contributed by atoms with Gasteiger partial charge in [-0.3, -0.25) is 9.59 Å². The number of carbonyl (C=O) groups excluding carboxylic acids is 1. The van der Waals surface area contributed by atoms with Crippen molar-refractivity contribution in [1.29, 1.82) is 0 Å². The zero-order chi connectivity index (χ0) is 15.8. The van der Waals surface area contributed by atoms with Crippen molar-refractivity contribution in [3.63, 3.8) is 0 Å². The Morgan fingerprint density at radius 1 is 1.48 bits per heavy atom. The molecule has 0 radical (unpaired) electrons. The number of ether oxygens (including phenoxy) is 1. The molecule has 122 valence electrons. The minimum Gasteiger partial charge on any atom is -0.481 e. The van der Waals surface area contributed by atoms with Crippen LogP contribution in [0.3, 0.4) is 0 Å². The lowest BCUT2D eigenvalue weighted by Crippen LogP contribution is -2.45. The fraction of sp³-hybridized carbons (Fsp3) is 0.867. The van der Waals surface area contributed by atoms with Crippen molar-refractivity contribution < 1.29 is 24.3 Å². The van der Waals surface area contributed by atoms with Crippen molar-refractivity contribution in [3.05, 3.63) is 0 Å². The molecule has 1 amide bonds. The number of amides is 1. The summed E-state index contributed by atoms with van der Waals surface area (Å²) >= 11 is 0. The summed E-state index contributed by atoms with van der Waals surface area (Å²) in [7, 11) is 0. The van der Waals surface area contributed by atoms with Crippen molar-refractivity contribution in [2.24, 2.45) is 11.8 Å². The van der Waals surface area contributed by atoms with Gasteiger partial charge in [0.2, 0.25) is 6.41 Å². The van der Waals surface area contributed by atoms with E-state index in [-0.39, 0.29) is 5.92 Å². The molecule has 6 nitrogen and oxygen atoms in total. The van der Waals surface area contributed by atoms with Gasteiger partial charge in [0.25, 0.3) is 0 Å². The Morgan fingerprint density at radius 2 is 2.19 bits per heavy atom. The Hall–Kier alpha value is -1.14. The van der Waals surface area contributed by atoms with Crippen LogP contribution in [0, 0.1) is 11.8 Å².